The van der Waals surface area contributed by atoms with Crippen LogP contribution in [0.25, 0.3) is 0 Å². The fourth-order valence-electron chi connectivity index (χ4n) is 2.39. The highest BCUT2D eigenvalue weighted by Gasteiger charge is 2.14. The van der Waals surface area contributed by atoms with Crippen LogP contribution in [0.1, 0.15) is 24.3 Å². The van der Waals surface area contributed by atoms with Gasteiger partial charge in [-0.25, -0.2) is 0 Å². The molecule has 21 heavy (non-hydrogen) atoms. The van der Waals surface area contributed by atoms with Crippen LogP contribution in [-0.4, -0.2) is 19.6 Å². The minimum absolute atomic E-state index is 0.477. The van der Waals surface area contributed by atoms with Gasteiger partial charge < -0.3 is 10.2 Å². The number of thiophene rings is 1. The predicted octanol–water partition coefficient (Wildman–Crippen LogP) is 4.69. The van der Waals surface area contributed by atoms with E-state index in [4.69, 9.17) is 0 Å². The molecule has 1 heterocycles. The van der Waals surface area contributed by atoms with Crippen molar-refractivity contribution < 1.29 is 0 Å². The highest BCUT2D eigenvalue weighted by Crippen LogP contribution is 2.26. The van der Waals surface area contributed by atoms with Gasteiger partial charge in [0.1, 0.15) is 0 Å². The van der Waals surface area contributed by atoms with Crippen molar-refractivity contribution in [3.63, 3.8) is 0 Å². The van der Waals surface area contributed by atoms with Crippen LogP contribution >= 0.6 is 27.3 Å². The molecular formula is C17H23BrN2S. The van der Waals surface area contributed by atoms with E-state index in [2.05, 4.69) is 82.8 Å². The monoisotopic (exact) mass is 366 g/mol. The van der Waals surface area contributed by atoms with E-state index in [1.54, 1.807) is 0 Å². The van der Waals surface area contributed by atoms with Crippen molar-refractivity contribution in [1.29, 1.82) is 0 Å². The second kappa shape index (κ2) is 7.97. The lowest BCUT2D eigenvalue weighted by molar-refractivity contribution is 0.675. The molecule has 1 N–H and O–H groups in total. The molecule has 0 bridgehead atoms. The van der Waals surface area contributed by atoms with E-state index in [-0.39, 0.29) is 0 Å². The largest absolute Gasteiger partial charge is 0.371 e. The normalized spacial score (nSPS) is 12.4. The van der Waals surface area contributed by atoms with Gasteiger partial charge in [0.25, 0.3) is 0 Å². The number of rotatable bonds is 7. The summed E-state index contributed by atoms with van der Waals surface area (Å²) in [6, 6.07) is 11.4. The van der Waals surface area contributed by atoms with Gasteiger partial charge in [0.2, 0.25) is 0 Å². The van der Waals surface area contributed by atoms with Crippen LogP contribution in [0.15, 0.2) is 40.2 Å². The van der Waals surface area contributed by atoms with Gasteiger partial charge in [-0.1, -0.05) is 28.9 Å². The maximum atomic E-state index is 3.58. The van der Waals surface area contributed by atoms with Gasteiger partial charge in [0.05, 0.1) is 0 Å². The molecule has 4 heteroatoms. The lowest BCUT2D eigenvalue weighted by Gasteiger charge is -2.29. The van der Waals surface area contributed by atoms with Crippen molar-refractivity contribution in [2.24, 2.45) is 0 Å². The first-order valence-corrected chi connectivity index (χ1v) is 9.03. The van der Waals surface area contributed by atoms with Gasteiger partial charge in [-0.3, -0.25) is 0 Å². The Morgan fingerprint density at radius 3 is 2.81 bits per heavy atom. The summed E-state index contributed by atoms with van der Waals surface area (Å²) < 4.78 is 1.14. The Morgan fingerprint density at radius 1 is 1.33 bits per heavy atom. The molecule has 0 spiro atoms. The number of likely N-dealkylation sites (N-methyl/N-ethyl adjacent to an activating group) is 1. The second-order valence-electron chi connectivity index (χ2n) is 5.30. The fourth-order valence-corrected chi connectivity index (χ4v) is 3.63. The van der Waals surface area contributed by atoms with Crippen molar-refractivity contribution in [2.75, 3.05) is 18.5 Å². The second-order valence-corrected chi connectivity index (χ2v) is 7.24. The van der Waals surface area contributed by atoms with E-state index in [1.165, 1.54) is 16.1 Å². The molecule has 2 aromatic rings. The van der Waals surface area contributed by atoms with E-state index in [0.717, 1.165) is 24.0 Å². The number of hydrogen-bond donors (Lipinski definition) is 1. The van der Waals surface area contributed by atoms with Crippen LogP contribution in [0.4, 0.5) is 5.69 Å². The fraction of sp³-hybridized carbons (Fsp3) is 0.412. The van der Waals surface area contributed by atoms with Crippen molar-refractivity contribution in [2.45, 2.75) is 32.9 Å². The van der Waals surface area contributed by atoms with Gasteiger partial charge in [0, 0.05) is 41.1 Å². The number of anilines is 1. The van der Waals surface area contributed by atoms with E-state index >= 15 is 0 Å². The summed E-state index contributed by atoms with van der Waals surface area (Å²) >= 11 is 5.42. The molecule has 0 aliphatic carbocycles. The van der Waals surface area contributed by atoms with Crippen LogP contribution in [0.2, 0.25) is 0 Å². The number of benzene rings is 1. The topological polar surface area (TPSA) is 15.3 Å². The van der Waals surface area contributed by atoms with E-state index in [0.29, 0.717) is 6.04 Å². The summed E-state index contributed by atoms with van der Waals surface area (Å²) in [5.41, 5.74) is 2.65. The zero-order chi connectivity index (χ0) is 15.2. The molecule has 0 fully saturated rings. The lowest BCUT2D eigenvalue weighted by atomic mass is 10.1. The van der Waals surface area contributed by atoms with Crippen molar-refractivity contribution >= 4 is 33.0 Å². The van der Waals surface area contributed by atoms with Crippen LogP contribution in [-0.2, 0) is 13.0 Å². The standard InChI is InChI=1S/C17H23BrN2S/c1-4-19-12-14-11-15(18)7-8-17(14)20(3)13(2)10-16-6-5-9-21-16/h5-9,11,13,19H,4,10,12H2,1-3H3. The minimum atomic E-state index is 0.477. The molecule has 0 saturated carbocycles. The average molecular weight is 367 g/mol. The quantitative estimate of drug-likeness (QED) is 0.764. The van der Waals surface area contributed by atoms with Gasteiger partial charge in [0.15, 0.2) is 0 Å². The Hall–Kier alpha value is -0.840. The predicted molar refractivity (Wildman–Crippen MR) is 97.4 cm³/mol. The summed E-state index contributed by atoms with van der Waals surface area (Å²) in [5, 5.41) is 5.58. The molecule has 1 unspecified atom stereocenters. The van der Waals surface area contributed by atoms with Crippen molar-refractivity contribution in [3.8, 4) is 0 Å². The van der Waals surface area contributed by atoms with Gasteiger partial charge in [-0.15, -0.1) is 11.3 Å². The SMILES string of the molecule is CCNCc1cc(Br)ccc1N(C)C(C)Cc1cccs1. The van der Waals surface area contributed by atoms with Gasteiger partial charge in [-0.05, 0) is 48.7 Å². The molecule has 114 valence electrons. The molecule has 0 aliphatic rings. The van der Waals surface area contributed by atoms with Crippen LogP contribution in [0.5, 0.6) is 0 Å². The van der Waals surface area contributed by atoms with Crippen molar-refractivity contribution in [1.82, 2.24) is 5.32 Å². The Morgan fingerprint density at radius 2 is 2.14 bits per heavy atom. The Balaban J connectivity index is 2.15. The van der Waals surface area contributed by atoms with E-state index < -0.39 is 0 Å². The van der Waals surface area contributed by atoms with Crippen LogP contribution in [0.3, 0.4) is 0 Å². The molecule has 0 radical (unpaired) electrons. The first-order valence-electron chi connectivity index (χ1n) is 7.36. The van der Waals surface area contributed by atoms with E-state index in [1.807, 2.05) is 11.3 Å². The smallest absolute Gasteiger partial charge is 0.0412 e. The molecule has 1 aromatic heterocycles. The molecule has 2 rings (SSSR count). The Bertz CT molecular complexity index is 554. The highest BCUT2D eigenvalue weighted by atomic mass is 79.9. The number of hydrogen-bond acceptors (Lipinski definition) is 3. The Labute approximate surface area is 140 Å². The van der Waals surface area contributed by atoms with Crippen molar-refractivity contribution in [3.05, 3.63) is 50.6 Å². The molecule has 0 amide bonds. The zero-order valence-electron chi connectivity index (χ0n) is 12.9. The average Bonchev–Trinajstić information content (AvgIpc) is 2.97. The number of halogens is 1. The summed E-state index contributed by atoms with van der Waals surface area (Å²) in [4.78, 5) is 3.83. The highest BCUT2D eigenvalue weighted by molar-refractivity contribution is 9.10. The number of nitrogens with zero attached hydrogens (tertiary/aromatic N) is 1. The third kappa shape index (κ3) is 4.56. The Kier molecular flexibility index (Phi) is 6.27. The molecule has 1 atom stereocenters. The summed E-state index contributed by atoms with van der Waals surface area (Å²) in [7, 11) is 2.19. The zero-order valence-corrected chi connectivity index (χ0v) is 15.3. The summed E-state index contributed by atoms with van der Waals surface area (Å²) in [5.74, 6) is 0. The third-order valence-corrected chi connectivity index (χ3v) is 5.12. The molecule has 0 aliphatic heterocycles. The molecule has 1 aromatic carbocycles. The molecule has 2 nitrogen and oxygen atoms in total. The van der Waals surface area contributed by atoms with Crippen LogP contribution < -0.4 is 10.2 Å². The van der Waals surface area contributed by atoms with Gasteiger partial charge >= 0.3 is 0 Å². The molecular weight excluding hydrogens is 344 g/mol. The first kappa shape index (κ1) is 16.5. The third-order valence-electron chi connectivity index (χ3n) is 3.72. The van der Waals surface area contributed by atoms with E-state index in [9.17, 15) is 0 Å². The number of nitrogens with one attached hydrogen (secondary N) is 1. The first-order chi connectivity index (χ1) is 10.1. The minimum Gasteiger partial charge on any atom is -0.371 e. The maximum Gasteiger partial charge on any atom is 0.0412 e. The van der Waals surface area contributed by atoms with Gasteiger partial charge in [-0.2, -0.15) is 0 Å². The summed E-state index contributed by atoms with van der Waals surface area (Å²) in [6.07, 6.45) is 1.09. The molecule has 0 saturated heterocycles. The van der Waals surface area contributed by atoms with Crippen LogP contribution in [0, 0.1) is 0 Å². The maximum absolute atomic E-state index is 3.58. The lowest BCUT2D eigenvalue weighted by Crippen LogP contribution is -2.31. The summed E-state index contributed by atoms with van der Waals surface area (Å²) in [6.45, 7) is 6.32.